The van der Waals surface area contributed by atoms with Crippen LogP contribution in [0.3, 0.4) is 0 Å². The summed E-state index contributed by atoms with van der Waals surface area (Å²) in [6, 6.07) is 11.3. The topological polar surface area (TPSA) is 46.5 Å². The number of rotatable bonds is 5. The summed E-state index contributed by atoms with van der Waals surface area (Å²) in [4.78, 5) is 10.5. The van der Waals surface area contributed by atoms with Crippen molar-refractivity contribution >= 4 is 6.29 Å². The third-order valence-corrected chi connectivity index (χ3v) is 2.69. The molecule has 0 aliphatic rings. The summed E-state index contributed by atoms with van der Waals surface area (Å²) in [5.74, 6) is -0.451. The Morgan fingerprint density at radius 3 is 2.37 bits per heavy atom. The van der Waals surface area contributed by atoms with E-state index >= 15 is 0 Å². The zero-order chi connectivity index (χ0) is 13.7. The Bertz CT molecular complexity index is 564. The summed E-state index contributed by atoms with van der Waals surface area (Å²) >= 11 is 0. The van der Waals surface area contributed by atoms with Crippen LogP contribution in [0.5, 0.6) is 5.75 Å². The fourth-order valence-corrected chi connectivity index (χ4v) is 1.61. The second-order valence-corrected chi connectivity index (χ2v) is 4.07. The van der Waals surface area contributed by atoms with Crippen LogP contribution in [0.4, 0.5) is 4.39 Å². The molecule has 0 fully saturated rings. The van der Waals surface area contributed by atoms with Crippen molar-refractivity contribution < 1.29 is 19.0 Å². The van der Waals surface area contributed by atoms with Crippen molar-refractivity contribution in [2.75, 3.05) is 0 Å². The largest absolute Gasteiger partial charge is 0.486 e. The van der Waals surface area contributed by atoms with Gasteiger partial charge in [-0.2, -0.15) is 0 Å². The lowest BCUT2D eigenvalue weighted by molar-refractivity contribution is 0.112. The third-order valence-electron chi connectivity index (χ3n) is 2.69. The van der Waals surface area contributed by atoms with Gasteiger partial charge < -0.3 is 9.84 Å². The van der Waals surface area contributed by atoms with Crippen LogP contribution >= 0.6 is 0 Å². The predicted octanol–water partition coefficient (Wildman–Crippen LogP) is 2.71. The van der Waals surface area contributed by atoms with Gasteiger partial charge in [0.05, 0.1) is 6.61 Å². The molecule has 0 radical (unpaired) electrons. The number of ether oxygens (including phenoxy) is 1. The number of halogens is 1. The molecule has 0 bridgehead atoms. The molecule has 0 unspecified atom stereocenters. The lowest BCUT2D eigenvalue weighted by atomic mass is 10.1. The maximum Gasteiger partial charge on any atom is 0.165 e. The van der Waals surface area contributed by atoms with Gasteiger partial charge in [0.2, 0.25) is 0 Å². The molecule has 2 aromatic rings. The van der Waals surface area contributed by atoms with Crippen molar-refractivity contribution in [3.63, 3.8) is 0 Å². The zero-order valence-electron chi connectivity index (χ0n) is 10.2. The van der Waals surface area contributed by atoms with E-state index in [-0.39, 0.29) is 24.5 Å². The highest BCUT2D eigenvalue weighted by molar-refractivity contribution is 5.74. The number of benzene rings is 2. The lowest BCUT2D eigenvalue weighted by Crippen LogP contribution is -1.98. The Labute approximate surface area is 110 Å². The molecule has 1 N–H and O–H groups in total. The number of carbonyl (C=O) groups excluding carboxylic acids is 1. The van der Waals surface area contributed by atoms with E-state index in [4.69, 9.17) is 9.84 Å². The molecule has 0 saturated heterocycles. The molecule has 2 rings (SSSR count). The van der Waals surface area contributed by atoms with Crippen LogP contribution in [0, 0.1) is 5.82 Å². The summed E-state index contributed by atoms with van der Waals surface area (Å²) < 4.78 is 18.9. The number of aldehydes is 1. The van der Waals surface area contributed by atoms with E-state index in [0.29, 0.717) is 6.29 Å². The van der Waals surface area contributed by atoms with Gasteiger partial charge in [-0.3, -0.25) is 4.79 Å². The van der Waals surface area contributed by atoms with Gasteiger partial charge in [-0.15, -0.1) is 0 Å². The molecule has 0 atom stereocenters. The second kappa shape index (κ2) is 6.11. The highest BCUT2D eigenvalue weighted by Crippen LogP contribution is 2.19. The van der Waals surface area contributed by atoms with Gasteiger partial charge in [0, 0.05) is 5.56 Å². The number of aliphatic hydroxyl groups excluding tert-OH is 1. The standard InChI is InChI=1S/C15H13FO3/c16-14-7-13(9-18)5-6-15(14)19-10-12-3-1-11(8-17)2-4-12/h1-7,9,17H,8,10H2. The monoisotopic (exact) mass is 260 g/mol. The lowest BCUT2D eigenvalue weighted by Gasteiger charge is -2.08. The first-order chi connectivity index (χ1) is 9.22. The predicted molar refractivity (Wildman–Crippen MR) is 68.5 cm³/mol. The van der Waals surface area contributed by atoms with Crippen molar-refractivity contribution in [2.45, 2.75) is 13.2 Å². The van der Waals surface area contributed by atoms with E-state index in [1.165, 1.54) is 12.1 Å². The molecule has 0 heterocycles. The Balaban J connectivity index is 2.03. The van der Waals surface area contributed by atoms with Crippen LogP contribution in [-0.4, -0.2) is 11.4 Å². The highest BCUT2D eigenvalue weighted by Gasteiger charge is 2.05. The molecule has 0 saturated carbocycles. The SMILES string of the molecule is O=Cc1ccc(OCc2ccc(CO)cc2)c(F)c1. The smallest absolute Gasteiger partial charge is 0.165 e. The fraction of sp³-hybridized carbons (Fsp3) is 0.133. The van der Waals surface area contributed by atoms with Gasteiger partial charge in [-0.1, -0.05) is 24.3 Å². The first-order valence-corrected chi connectivity index (χ1v) is 5.79. The van der Waals surface area contributed by atoms with Crippen molar-refractivity contribution in [3.05, 3.63) is 65.0 Å². The van der Waals surface area contributed by atoms with Gasteiger partial charge >= 0.3 is 0 Å². The summed E-state index contributed by atoms with van der Waals surface area (Å²) in [5.41, 5.74) is 1.96. The molecule has 98 valence electrons. The number of carbonyl (C=O) groups is 1. The summed E-state index contributed by atoms with van der Waals surface area (Å²) in [5, 5.41) is 8.91. The minimum atomic E-state index is -0.559. The van der Waals surface area contributed by atoms with Crippen LogP contribution in [0.2, 0.25) is 0 Å². The molecule has 0 amide bonds. The Hall–Kier alpha value is -2.20. The molecule has 0 aliphatic heterocycles. The molecule has 2 aromatic carbocycles. The van der Waals surface area contributed by atoms with Crippen molar-refractivity contribution in [2.24, 2.45) is 0 Å². The number of hydrogen-bond donors (Lipinski definition) is 1. The molecule has 4 heteroatoms. The normalized spacial score (nSPS) is 10.2. The summed E-state index contributed by atoms with van der Waals surface area (Å²) in [7, 11) is 0. The zero-order valence-corrected chi connectivity index (χ0v) is 10.2. The molecule has 0 spiro atoms. The van der Waals surface area contributed by atoms with Crippen molar-refractivity contribution in [3.8, 4) is 5.75 Å². The van der Waals surface area contributed by atoms with E-state index in [1.807, 2.05) is 12.1 Å². The third kappa shape index (κ3) is 3.39. The Morgan fingerprint density at radius 2 is 1.79 bits per heavy atom. The van der Waals surface area contributed by atoms with Gasteiger partial charge in [0.25, 0.3) is 0 Å². The molecular formula is C15H13FO3. The Morgan fingerprint density at radius 1 is 1.11 bits per heavy atom. The van der Waals surface area contributed by atoms with Gasteiger partial charge in [-0.05, 0) is 29.3 Å². The van der Waals surface area contributed by atoms with E-state index in [2.05, 4.69) is 0 Å². The van der Waals surface area contributed by atoms with Crippen LogP contribution in [0.1, 0.15) is 21.5 Å². The van der Waals surface area contributed by atoms with Crippen LogP contribution in [0.25, 0.3) is 0 Å². The fourth-order valence-electron chi connectivity index (χ4n) is 1.61. The Kier molecular flexibility index (Phi) is 4.26. The van der Waals surface area contributed by atoms with Gasteiger partial charge in [-0.25, -0.2) is 4.39 Å². The number of hydrogen-bond acceptors (Lipinski definition) is 3. The molecule has 19 heavy (non-hydrogen) atoms. The molecule has 0 aliphatic carbocycles. The first kappa shape index (κ1) is 13.2. The van der Waals surface area contributed by atoms with Crippen LogP contribution < -0.4 is 4.74 Å². The first-order valence-electron chi connectivity index (χ1n) is 5.79. The van der Waals surface area contributed by atoms with E-state index in [0.717, 1.165) is 17.2 Å². The molecule has 3 nitrogen and oxygen atoms in total. The summed E-state index contributed by atoms with van der Waals surface area (Å²) in [6.45, 7) is 0.214. The maximum atomic E-state index is 13.5. The molecule has 0 aromatic heterocycles. The number of aliphatic hydroxyl groups is 1. The van der Waals surface area contributed by atoms with E-state index in [9.17, 15) is 9.18 Å². The average molecular weight is 260 g/mol. The summed E-state index contributed by atoms with van der Waals surface area (Å²) in [6.07, 6.45) is 0.584. The molecular weight excluding hydrogens is 247 g/mol. The van der Waals surface area contributed by atoms with E-state index in [1.54, 1.807) is 12.1 Å². The quantitative estimate of drug-likeness (QED) is 0.841. The van der Waals surface area contributed by atoms with Crippen LogP contribution in [0.15, 0.2) is 42.5 Å². The minimum absolute atomic E-state index is 0.0110. The van der Waals surface area contributed by atoms with Gasteiger partial charge in [0.1, 0.15) is 12.9 Å². The minimum Gasteiger partial charge on any atom is -0.486 e. The van der Waals surface area contributed by atoms with E-state index < -0.39 is 5.82 Å². The average Bonchev–Trinajstić information content (AvgIpc) is 2.46. The van der Waals surface area contributed by atoms with Crippen LogP contribution in [-0.2, 0) is 13.2 Å². The maximum absolute atomic E-state index is 13.5. The van der Waals surface area contributed by atoms with Crippen molar-refractivity contribution in [1.29, 1.82) is 0 Å². The second-order valence-electron chi connectivity index (χ2n) is 4.07. The highest BCUT2D eigenvalue weighted by atomic mass is 19.1. The van der Waals surface area contributed by atoms with Crippen molar-refractivity contribution in [1.82, 2.24) is 0 Å². The van der Waals surface area contributed by atoms with Gasteiger partial charge in [0.15, 0.2) is 11.6 Å².